The van der Waals surface area contributed by atoms with E-state index in [1.807, 2.05) is 19.9 Å². The van der Waals surface area contributed by atoms with Gasteiger partial charge >= 0.3 is 0 Å². The summed E-state index contributed by atoms with van der Waals surface area (Å²) < 4.78 is 6.65. The van der Waals surface area contributed by atoms with Gasteiger partial charge in [-0.25, -0.2) is 0 Å². The minimum absolute atomic E-state index is 0.210. The lowest BCUT2D eigenvalue weighted by Crippen LogP contribution is -2.17. The fraction of sp³-hybridized carbons (Fsp3) is 0.364. The quantitative estimate of drug-likeness (QED) is 0.689. The number of aryl methyl sites for hydroxylation is 1. The molecule has 0 unspecified atom stereocenters. The Morgan fingerprint density at radius 1 is 1.43 bits per heavy atom. The molecule has 0 radical (unpaired) electrons. The molecule has 0 fully saturated rings. The largest absolute Gasteiger partial charge is 0.492 e. The van der Waals surface area contributed by atoms with E-state index in [0.29, 0.717) is 13.0 Å². The first-order valence-corrected chi connectivity index (χ1v) is 5.65. The highest BCUT2D eigenvalue weighted by molar-refractivity contribution is 14.1. The second-order valence-electron chi connectivity index (χ2n) is 3.53. The summed E-state index contributed by atoms with van der Waals surface area (Å²) in [5.74, 6) is 0.971. The lowest BCUT2D eigenvalue weighted by molar-refractivity contribution is 0.0932. The normalized spacial score (nSPS) is 14.9. The molecule has 0 aliphatic carbocycles. The van der Waals surface area contributed by atoms with Gasteiger partial charge in [0.2, 0.25) is 0 Å². The molecule has 74 valence electrons. The second-order valence-corrected chi connectivity index (χ2v) is 4.61. The summed E-state index contributed by atoms with van der Waals surface area (Å²) in [6, 6.07) is 1.96. The molecule has 0 bridgehead atoms. The molecule has 0 saturated carbocycles. The predicted molar refractivity (Wildman–Crippen MR) is 63.1 cm³/mol. The summed E-state index contributed by atoms with van der Waals surface area (Å²) in [6.45, 7) is 4.54. The van der Waals surface area contributed by atoms with E-state index in [0.717, 1.165) is 16.9 Å². The Morgan fingerprint density at radius 3 is 2.86 bits per heavy atom. The SMILES string of the molecule is Cc1cc2c(c(C)c1I)C(=O)CCO2. The highest BCUT2D eigenvalue weighted by Crippen LogP contribution is 2.32. The number of carbonyl (C=O) groups is 1. The van der Waals surface area contributed by atoms with Gasteiger partial charge in [0.25, 0.3) is 0 Å². The Bertz CT molecular complexity index is 410. The smallest absolute Gasteiger partial charge is 0.170 e. The molecule has 0 N–H and O–H groups in total. The Kier molecular flexibility index (Phi) is 2.51. The van der Waals surface area contributed by atoms with Crippen molar-refractivity contribution in [3.63, 3.8) is 0 Å². The second kappa shape index (κ2) is 3.53. The number of rotatable bonds is 0. The molecule has 0 spiro atoms. The van der Waals surface area contributed by atoms with Crippen molar-refractivity contribution in [3.8, 4) is 5.75 Å². The first-order chi connectivity index (χ1) is 6.61. The fourth-order valence-electron chi connectivity index (χ4n) is 1.76. The highest BCUT2D eigenvalue weighted by atomic mass is 127. The summed E-state index contributed by atoms with van der Waals surface area (Å²) in [5, 5.41) is 0. The Morgan fingerprint density at radius 2 is 2.14 bits per heavy atom. The van der Waals surface area contributed by atoms with Crippen LogP contribution in [0.5, 0.6) is 5.75 Å². The molecule has 2 nitrogen and oxygen atoms in total. The summed E-state index contributed by atoms with van der Waals surface area (Å²) >= 11 is 2.28. The van der Waals surface area contributed by atoms with Crippen LogP contribution in [0.25, 0.3) is 0 Å². The third-order valence-electron chi connectivity index (χ3n) is 2.51. The average Bonchev–Trinajstić information content (AvgIpc) is 2.14. The highest BCUT2D eigenvalue weighted by Gasteiger charge is 2.22. The van der Waals surface area contributed by atoms with Crippen LogP contribution in [0.3, 0.4) is 0 Å². The van der Waals surface area contributed by atoms with Crippen LogP contribution in [0, 0.1) is 17.4 Å². The minimum Gasteiger partial charge on any atom is -0.492 e. The number of ketones is 1. The summed E-state index contributed by atoms with van der Waals surface area (Å²) in [7, 11) is 0. The van der Waals surface area contributed by atoms with Crippen LogP contribution in [0.1, 0.15) is 27.9 Å². The fourth-order valence-corrected chi connectivity index (χ4v) is 2.19. The summed E-state index contributed by atoms with van der Waals surface area (Å²) in [6.07, 6.45) is 0.507. The molecule has 0 aromatic heterocycles. The van der Waals surface area contributed by atoms with Gasteiger partial charge in [-0.1, -0.05) is 0 Å². The zero-order chi connectivity index (χ0) is 10.3. The molecule has 1 aliphatic rings. The van der Waals surface area contributed by atoms with E-state index in [1.54, 1.807) is 0 Å². The number of ether oxygens (including phenoxy) is 1. The Labute approximate surface area is 96.8 Å². The van der Waals surface area contributed by atoms with Crippen molar-refractivity contribution in [1.82, 2.24) is 0 Å². The lowest BCUT2D eigenvalue weighted by Gasteiger charge is -2.20. The Hall–Kier alpha value is -0.580. The maximum Gasteiger partial charge on any atom is 0.170 e. The zero-order valence-corrected chi connectivity index (χ0v) is 10.3. The molecular weight excluding hydrogens is 291 g/mol. The van der Waals surface area contributed by atoms with Crippen LogP contribution in [0.2, 0.25) is 0 Å². The molecule has 0 amide bonds. The van der Waals surface area contributed by atoms with Crippen LogP contribution in [-0.2, 0) is 0 Å². The van der Waals surface area contributed by atoms with Gasteiger partial charge in [0.1, 0.15) is 5.75 Å². The third kappa shape index (κ3) is 1.43. The maximum atomic E-state index is 11.7. The number of carbonyl (C=O) groups excluding carboxylic acids is 1. The third-order valence-corrected chi connectivity index (χ3v) is 4.17. The van der Waals surface area contributed by atoms with Crippen LogP contribution in [0.4, 0.5) is 0 Å². The Balaban J connectivity index is 2.70. The number of halogens is 1. The first kappa shape index (κ1) is 9.96. The molecule has 2 rings (SSSR count). The topological polar surface area (TPSA) is 26.3 Å². The zero-order valence-electron chi connectivity index (χ0n) is 8.19. The van der Waals surface area contributed by atoms with Crippen molar-refractivity contribution in [2.24, 2.45) is 0 Å². The first-order valence-electron chi connectivity index (χ1n) is 4.57. The van der Waals surface area contributed by atoms with Crippen molar-refractivity contribution in [2.75, 3.05) is 6.61 Å². The van der Waals surface area contributed by atoms with Crippen molar-refractivity contribution in [3.05, 3.63) is 26.3 Å². The number of fused-ring (bicyclic) bond motifs is 1. The van der Waals surface area contributed by atoms with Crippen molar-refractivity contribution in [1.29, 1.82) is 0 Å². The van der Waals surface area contributed by atoms with E-state index < -0.39 is 0 Å². The van der Waals surface area contributed by atoms with Gasteiger partial charge < -0.3 is 4.74 Å². The van der Waals surface area contributed by atoms with Gasteiger partial charge in [0, 0.05) is 9.99 Å². The van der Waals surface area contributed by atoms with Gasteiger partial charge in [-0.15, -0.1) is 0 Å². The summed E-state index contributed by atoms with van der Waals surface area (Å²) in [5.41, 5.74) is 3.02. The van der Waals surface area contributed by atoms with Gasteiger partial charge in [0.15, 0.2) is 5.78 Å². The molecule has 0 atom stereocenters. The van der Waals surface area contributed by atoms with E-state index in [2.05, 4.69) is 22.6 Å². The number of hydrogen-bond acceptors (Lipinski definition) is 2. The summed E-state index contributed by atoms with van der Waals surface area (Å²) in [4.78, 5) is 11.7. The van der Waals surface area contributed by atoms with Crippen LogP contribution >= 0.6 is 22.6 Å². The van der Waals surface area contributed by atoms with E-state index in [4.69, 9.17) is 4.74 Å². The maximum absolute atomic E-state index is 11.7. The predicted octanol–water partition coefficient (Wildman–Crippen LogP) is 2.87. The van der Waals surface area contributed by atoms with E-state index in [1.165, 1.54) is 9.13 Å². The van der Waals surface area contributed by atoms with Crippen LogP contribution in [0.15, 0.2) is 6.07 Å². The van der Waals surface area contributed by atoms with E-state index in [-0.39, 0.29) is 5.78 Å². The molecule has 0 saturated heterocycles. The standard InChI is InChI=1S/C11H11IO2/c1-6-5-9-10(7(2)11(6)12)8(13)3-4-14-9/h5H,3-4H2,1-2H3. The molecule has 1 aromatic carbocycles. The molecule has 1 heterocycles. The molecule has 3 heteroatoms. The van der Waals surface area contributed by atoms with Crippen LogP contribution in [-0.4, -0.2) is 12.4 Å². The molecule has 14 heavy (non-hydrogen) atoms. The number of Topliss-reactive ketones (excluding diaryl/α,β-unsaturated/α-hetero) is 1. The number of hydrogen-bond donors (Lipinski definition) is 0. The van der Waals surface area contributed by atoms with Gasteiger partial charge in [0.05, 0.1) is 12.2 Å². The monoisotopic (exact) mass is 302 g/mol. The average molecular weight is 302 g/mol. The number of benzene rings is 1. The molecule has 1 aliphatic heterocycles. The van der Waals surface area contributed by atoms with Crippen molar-refractivity contribution < 1.29 is 9.53 Å². The van der Waals surface area contributed by atoms with Gasteiger partial charge in [-0.05, 0) is 53.6 Å². The minimum atomic E-state index is 0.210. The molecule has 1 aromatic rings. The van der Waals surface area contributed by atoms with E-state index in [9.17, 15) is 4.79 Å². The lowest BCUT2D eigenvalue weighted by atomic mass is 9.98. The van der Waals surface area contributed by atoms with Crippen molar-refractivity contribution in [2.45, 2.75) is 20.3 Å². The van der Waals surface area contributed by atoms with Gasteiger partial charge in [-0.2, -0.15) is 0 Å². The molecular formula is C11H11IO2. The van der Waals surface area contributed by atoms with Crippen LogP contribution < -0.4 is 4.74 Å². The van der Waals surface area contributed by atoms with E-state index >= 15 is 0 Å². The van der Waals surface area contributed by atoms with Crippen molar-refractivity contribution >= 4 is 28.4 Å². The van der Waals surface area contributed by atoms with Gasteiger partial charge in [-0.3, -0.25) is 4.79 Å².